The average Bonchev–Trinajstić information content (AvgIpc) is 3.26. The number of hydrogen-bond acceptors (Lipinski definition) is 2. The Labute approximate surface area is 175 Å². The molecule has 1 saturated carbocycles. The molecular weight excluding hydrogens is 352 g/mol. The molecule has 29 heavy (non-hydrogen) atoms. The summed E-state index contributed by atoms with van der Waals surface area (Å²) >= 11 is 0. The van der Waals surface area contributed by atoms with Gasteiger partial charge in [0.25, 0.3) is 0 Å². The van der Waals surface area contributed by atoms with Gasteiger partial charge in [0.05, 0.1) is 11.2 Å². The number of para-hydroxylation sites is 1. The van der Waals surface area contributed by atoms with Crippen LogP contribution in [-0.4, -0.2) is 10.4 Å². The zero-order valence-electron chi connectivity index (χ0n) is 17.9. The van der Waals surface area contributed by atoms with E-state index in [1.165, 1.54) is 60.3 Å². The molecule has 150 valence electrons. The Morgan fingerprint density at radius 1 is 0.862 bits per heavy atom. The van der Waals surface area contributed by atoms with Gasteiger partial charge in [-0.1, -0.05) is 73.9 Å². The Kier molecular flexibility index (Phi) is 4.53. The van der Waals surface area contributed by atoms with Gasteiger partial charge in [-0.05, 0) is 62.8 Å². The van der Waals surface area contributed by atoms with E-state index in [0.29, 0.717) is 0 Å². The van der Waals surface area contributed by atoms with Crippen molar-refractivity contribution in [2.24, 2.45) is 5.92 Å². The number of aryl methyl sites for hydroxylation is 1. The van der Waals surface area contributed by atoms with E-state index in [-0.39, 0.29) is 11.7 Å². The molecule has 3 aliphatic rings. The fourth-order valence-corrected chi connectivity index (χ4v) is 5.87. The van der Waals surface area contributed by atoms with E-state index < -0.39 is 0 Å². The maximum Gasteiger partial charge on any atom is 0.133 e. The quantitative estimate of drug-likeness (QED) is 0.564. The van der Waals surface area contributed by atoms with Crippen LogP contribution in [0.2, 0.25) is 0 Å². The highest BCUT2D eigenvalue weighted by atomic mass is 15.5. The van der Waals surface area contributed by atoms with Gasteiger partial charge in [-0.3, -0.25) is 0 Å². The molecule has 0 amide bonds. The number of allylic oxidation sites excluding steroid dienone is 2. The lowest BCUT2D eigenvalue weighted by atomic mass is 9.75. The van der Waals surface area contributed by atoms with Gasteiger partial charge < -0.3 is 9.80 Å². The molecule has 2 nitrogen and oxygen atoms in total. The third-order valence-electron chi connectivity index (χ3n) is 7.48. The normalized spacial score (nSPS) is 27.1. The molecule has 2 heterocycles. The molecule has 0 spiro atoms. The summed E-state index contributed by atoms with van der Waals surface area (Å²) in [7, 11) is 0. The van der Waals surface area contributed by atoms with Crippen molar-refractivity contribution in [1.29, 1.82) is 0 Å². The third-order valence-corrected chi connectivity index (χ3v) is 7.48. The lowest BCUT2D eigenvalue weighted by Gasteiger charge is -2.48. The Morgan fingerprint density at radius 3 is 2.28 bits per heavy atom. The minimum atomic E-state index is 0.0783. The van der Waals surface area contributed by atoms with Crippen LogP contribution in [0.5, 0.6) is 0 Å². The molecule has 2 unspecified atom stereocenters. The molecule has 2 atom stereocenters. The molecule has 0 bridgehead atoms. The molecule has 0 N–H and O–H groups in total. The van der Waals surface area contributed by atoms with Crippen molar-refractivity contribution in [2.75, 3.05) is 4.90 Å². The van der Waals surface area contributed by atoms with Crippen molar-refractivity contribution in [3.05, 3.63) is 89.3 Å². The van der Waals surface area contributed by atoms with E-state index in [2.05, 4.69) is 97.3 Å². The third kappa shape index (κ3) is 2.84. The minimum absolute atomic E-state index is 0.0783. The zero-order chi connectivity index (χ0) is 20.0. The van der Waals surface area contributed by atoms with Crippen LogP contribution in [-0.2, 0) is 0 Å². The Hall–Kier alpha value is -2.48. The monoisotopic (exact) mass is 384 g/mol. The van der Waals surface area contributed by atoms with Gasteiger partial charge in [0, 0.05) is 11.4 Å². The second-order valence-corrected chi connectivity index (χ2v) is 9.18. The van der Waals surface area contributed by atoms with Crippen LogP contribution in [0.15, 0.2) is 78.1 Å². The Bertz CT molecular complexity index is 952. The van der Waals surface area contributed by atoms with Gasteiger partial charge in [0.15, 0.2) is 0 Å². The van der Waals surface area contributed by atoms with E-state index in [4.69, 9.17) is 0 Å². The lowest BCUT2D eigenvalue weighted by molar-refractivity contribution is 0.0868. The molecule has 0 aromatic heterocycles. The molecule has 0 saturated heterocycles. The van der Waals surface area contributed by atoms with Gasteiger partial charge in [-0.2, -0.15) is 0 Å². The van der Waals surface area contributed by atoms with E-state index in [0.717, 1.165) is 5.92 Å². The standard InChI is InChI=1S/C27H32N2/c1-20-12-10-11-17-24(20)28-21(2)25-18-19-27(3,23-15-8-5-9-16-23)29(25)26(28)22-13-6-4-7-14-22/h4,6-7,10-14,17-19,23,26H,5,8-9,15-16H2,1-3H3. The first kappa shape index (κ1) is 18.5. The molecule has 2 aliphatic heterocycles. The van der Waals surface area contributed by atoms with Gasteiger partial charge in [-0.15, -0.1) is 0 Å². The van der Waals surface area contributed by atoms with Crippen LogP contribution < -0.4 is 4.90 Å². The molecular formula is C27H32N2. The average molecular weight is 385 g/mol. The van der Waals surface area contributed by atoms with Crippen LogP contribution in [0.4, 0.5) is 5.69 Å². The van der Waals surface area contributed by atoms with E-state index >= 15 is 0 Å². The topological polar surface area (TPSA) is 6.48 Å². The van der Waals surface area contributed by atoms with Gasteiger partial charge in [0.1, 0.15) is 6.17 Å². The van der Waals surface area contributed by atoms with Crippen LogP contribution in [0, 0.1) is 12.8 Å². The Morgan fingerprint density at radius 2 is 1.55 bits per heavy atom. The molecule has 5 rings (SSSR count). The molecule has 1 aliphatic carbocycles. The van der Waals surface area contributed by atoms with Crippen molar-refractivity contribution >= 4 is 5.69 Å². The fraction of sp³-hybridized carbons (Fsp3) is 0.407. The van der Waals surface area contributed by atoms with Crippen molar-refractivity contribution in [2.45, 2.75) is 64.6 Å². The van der Waals surface area contributed by atoms with Crippen molar-refractivity contribution in [3.63, 3.8) is 0 Å². The summed E-state index contributed by atoms with van der Waals surface area (Å²) in [6.07, 6.45) is 11.9. The highest BCUT2D eigenvalue weighted by Gasteiger charge is 2.51. The number of nitrogens with zero attached hydrogens (tertiary/aromatic N) is 2. The maximum absolute atomic E-state index is 2.74. The predicted octanol–water partition coefficient (Wildman–Crippen LogP) is 6.96. The van der Waals surface area contributed by atoms with Gasteiger partial charge >= 0.3 is 0 Å². The van der Waals surface area contributed by atoms with Crippen LogP contribution in [0.3, 0.4) is 0 Å². The molecule has 2 aromatic rings. The number of fused-ring (bicyclic) bond motifs is 1. The molecule has 1 fully saturated rings. The summed E-state index contributed by atoms with van der Waals surface area (Å²) in [5.41, 5.74) is 6.86. The van der Waals surface area contributed by atoms with E-state index in [1.54, 1.807) is 0 Å². The van der Waals surface area contributed by atoms with Gasteiger partial charge in [-0.25, -0.2) is 0 Å². The second kappa shape index (κ2) is 7.09. The summed E-state index contributed by atoms with van der Waals surface area (Å²) < 4.78 is 0. The first-order valence-corrected chi connectivity index (χ1v) is 11.2. The number of anilines is 1. The van der Waals surface area contributed by atoms with E-state index in [1.807, 2.05) is 0 Å². The van der Waals surface area contributed by atoms with Crippen molar-refractivity contribution < 1.29 is 0 Å². The highest BCUT2D eigenvalue weighted by Crippen LogP contribution is 2.54. The minimum Gasteiger partial charge on any atom is -0.336 e. The van der Waals surface area contributed by atoms with Crippen LogP contribution in [0.1, 0.15) is 63.2 Å². The number of hydrogen-bond donors (Lipinski definition) is 0. The van der Waals surface area contributed by atoms with Crippen molar-refractivity contribution in [1.82, 2.24) is 4.90 Å². The fourth-order valence-electron chi connectivity index (χ4n) is 5.87. The lowest BCUT2D eigenvalue weighted by Crippen LogP contribution is -2.50. The van der Waals surface area contributed by atoms with Crippen LogP contribution >= 0.6 is 0 Å². The van der Waals surface area contributed by atoms with Gasteiger partial charge in [0.2, 0.25) is 0 Å². The summed E-state index contributed by atoms with van der Waals surface area (Å²) in [5.74, 6) is 0.723. The van der Waals surface area contributed by atoms with Crippen LogP contribution in [0.25, 0.3) is 0 Å². The summed E-state index contributed by atoms with van der Waals surface area (Å²) in [6.45, 7) is 7.01. The predicted molar refractivity (Wildman–Crippen MR) is 122 cm³/mol. The molecule has 0 radical (unpaired) electrons. The molecule has 2 heteroatoms. The van der Waals surface area contributed by atoms with Crippen molar-refractivity contribution in [3.8, 4) is 0 Å². The summed E-state index contributed by atoms with van der Waals surface area (Å²) in [5, 5.41) is 0. The smallest absolute Gasteiger partial charge is 0.133 e. The summed E-state index contributed by atoms with van der Waals surface area (Å²) in [6, 6.07) is 19.9. The SMILES string of the molecule is CC1=C2C=CC(C)(C3CCCCC3)N2C(c2ccccc2)N1c1ccccc1C. The zero-order valence-corrected chi connectivity index (χ0v) is 17.9. The highest BCUT2D eigenvalue weighted by molar-refractivity contribution is 5.64. The molecule has 2 aromatic carbocycles. The van der Waals surface area contributed by atoms with E-state index in [9.17, 15) is 0 Å². The maximum atomic E-state index is 2.74. The first-order valence-electron chi connectivity index (χ1n) is 11.2. The second-order valence-electron chi connectivity index (χ2n) is 9.18. The largest absolute Gasteiger partial charge is 0.336 e. The number of benzene rings is 2. The summed E-state index contributed by atoms with van der Waals surface area (Å²) in [4.78, 5) is 5.31. The first-order chi connectivity index (χ1) is 14.1. The number of rotatable bonds is 3. The Balaban J connectivity index is 1.66.